The summed E-state index contributed by atoms with van der Waals surface area (Å²) in [7, 11) is 0. The van der Waals surface area contributed by atoms with Crippen molar-refractivity contribution in [1.29, 1.82) is 0 Å². The van der Waals surface area contributed by atoms with E-state index in [1.807, 2.05) is 47.4 Å². The van der Waals surface area contributed by atoms with E-state index in [1.54, 1.807) is 6.20 Å². The second-order valence-electron chi connectivity index (χ2n) is 6.87. The third-order valence-electron chi connectivity index (χ3n) is 5.00. The van der Waals surface area contributed by atoms with Gasteiger partial charge in [0.25, 0.3) is 0 Å². The molecule has 0 N–H and O–H groups in total. The predicted octanol–water partition coefficient (Wildman–Crippen LogP) is 4.77. The van der Waals surface area contributed by atoms with Crippen LogP contribution in [0.2, 0.25) is 0 Å². The second-order valence-corrected chi connectivity index (χ2v) is 7.79. The van der Waals surface area contributed by atoms with Gasteiger partial charge in [-0.05, 0) is 43.4 Å². The summed E-state index contributed by atoms with van der Waals surface area (Å²) in [4.78, 5) is 15.0. The van der Waals surface area contributed by atoms with Crippen LogP contribution in [0.25, 0.3) is 11.3 Å². The Balaban J connectivity index is 1.54. The number of hydrogen-bond donors (Lipinski definition) is 0. The number of likely N-dealkylation sites (tertiary alicyclic amines) is 1. The van der Waals surface area contributed by atoms with Crippen LogP contribution in [0.5, 0.6) is 0 Å². The first kappa shape index (κ1) is 17.9. The fraction of sp³-hybridized carbons (Fsp3) is 0.286. The maximum absolute atomic E-state index is 13.1. The zero-order valence-electron chi connectivity index (χ0n) is 15.0. The molecule has 1 atom stereocenters. The van der Waals surface area contributed by atoms with Gasteiger partial charge in [0.2, 0.25) is 0 Å². The molecule has 1 aromatic heterocycles. The van der Waals surface area contributed by atoms with Crippen molar-refractivity contribution < 1.29 is 4.79 Å². The van der Waals surface area contributed by atoms with Gasteiger partial charge in [0.05, 0.1) is 6.20 Å². The Hall–Kier alpha value is -2.47. The smallest absolute Gasteiger partial charge is 0.320 e. The van der Waals surface area contributed by atoms with Crippen molar-refractivity contribution >= 4 is 22.0 Å². The summed E-state index contributed by atoms with van der Waals surface area (Å²) in [6.07, 6.45) is 5.80. The summed E-state index contributed by atoms with van der Waals surface area (Å²) in [6.45, 7) is 0.766. The molecule has 1 fully saturated rings. The molecule has 0 saturated carbocycles. The molecule has 5 nitrogen and oxygen atoms in total. The third-order valence-corrected chi connectivity index (χ3v) is 5.49. The van der Waals surface area contributed by atoms with Crippen molar-refractivity contribution in [2.75, 3.05) is 6.54 Å². The van der Waals surface area contributed by atoms with Gasteiger partial charge in [-0.25, -0.2) is 4.79 Å². The van der Waals surface area contributed by atoms with Crippen LogP contribution in [-0.2, 0) is 6.42 Å². The monoisotopic (exact) mass is 424 g/mol. The van der Waals surface area contributed by atoms with Crippen LogP contribution < -0.4 is 0 Å². The molecule has 1 amide bonds. The van der Waals surface area contributed by atoms with Crippen molar-refractivity contribution in [3.8, 4) is 11.3 Å². The summed E-state index contributed by atoms with van der Waals surface area (Å²) in [5.74, 6) is 0. The molecule has 1 aliphatic heterocycles. The van der Waals surface area contributed by atoms with E-state index in [1.165, 1.54) is 10.2 Å². The number of benzene rings is 2. The molecule has 2 heterocycles. The molecule has 0 aliphatic carbocycles. The molecule has 1 aliphatic rings. The number of nitrogens with zero attached hydrogens (tertiary/aromatic N) is 4. The Morgan fingerprint density at radius 1 is 1.11 bits per heavy atom. The average Bonchev–Trinajstić information content (AvgIpc) is 3.19. The molecule has 1 unspecified atom stereocenters. The van der Waals surface area contributed by atoms with Crippen molar-refractivity contribution in [2.24, 2.45) is 0 Å². The zero-order valence-corrected chi connectivity index (χ0v) is 16.5. The quantitative estimate of drug-likeness (QED) is 0.607. The summed E-state index contributed by atoms with van der Waals surface area (Å²) in [5.41, 5.74) is 2.89. The lowest BCUT2D eigenvalue weighted by Gasteiger charge is -2.35. The minimum absolute atomic E-state index is 0.0932. The van der Waals surface area contributed by atoms with Crippen LogP contribution in [0, 0.1) is 0 Å². The molecule has 4 rings (SSSR count). The Labute approximate surface area is 167 Å². The standard InChI is InChI=1S/C21H21BrN4O/c22-18-10-6-9-17(14-18)20-15-26(24-23-20)21(27)25-12-5-4-11-19(25)13-16-7-2-1-3-8-16/h1-3,6-10,14-15,19H,4-5,11-13H2. The van der Waals surface area contributed by atoms with Crippen LogP contribution in [0.4, 0.5) is 4.79 Å². The molecular weight excluding hydrogens is 404 g/mol. The number of rotatable bonds is 3. The number of hydrogen-bond acceptors (Lipinski definition) is 3. The number of carbonyl (C=O) groups is 1. The number of amides is 1. The van der Waals surface area contributed by atoms with E-state index < -0.39 is 0 Å². The Bertz CT molecular complexity index is 925. The van der Waals surface area contributed by atoms with Crippen molar-refractivity contribution in [3.05, 3.63) is 70.8 Å². The minimum Gasteiger partial charge on any atom is -0.320 e. The normalized spacial score (nSPS) is 17.1. The fourth-order valence-corrected chi connectivity index (χ4v) is 4.02. The summed E-state index contributed by atoms with van der Waals surface area (Å²) in [5, 5.41) is 8.30. The molecular formula is C21H21BrN4O. The molecule has 138 valence electrons. The van der Waals surface area contributed by atoms with E-state index in [9.17, 15) is 4.79 Å². The van der Waals surface area contributed by atoms with Gasteiger partial charge >= 0.3 is 6.03 Å². The van der Waals surface area contributed by atoms with E-state index in [0.717, 1.165) is 42.3 Å². The Morgan fingerprint density at radius 2 is 1.96 bits per heavy atom. The Kier molecular flexibility index (Phi) is 5.34. The van der Waals surface area contributed by atoms with Crippen molar-refractivity contribution in [3.63, 3.8) is 0 Å². The van der Waals surface area contributed by atoms with Crippen LogP contribution in [0.3, 0.4) is 0 Å². The molecule has 6 heteroatoms. The SMILES string of the molecule is O=C(N1CCCCC1Cc1ccccc1)n1cc(-c2cccc(Br)c2)nn1. The lowest BCUT2D eigenvalue weighted by atomic mass is 9.96. The topological polar surface area (TPSA) is 51.0 Å². The molecule has 2 aromatic carbocycles. The van der Waals surface area contributed by atoms with Gasteiger partial charge in [-0.15, -0.1) is 5.10 Å². The van der Waals surface area contributed by atoms with Crippen LogP contribution in [0.15, 0.2) is 65.3 Å². The van der Waals surface area contributed by atoms with Gasteiger partial charge in [0.15, 0.2) is 0 Å². The summed E-state index contributed by atoms with van der Waals surface area (Å²) in [6, 6.07) is 18.3. The highest BCUT2D eigenvalue weighted by Gasteiger charge is 2.28. The minimum atomic E-state index is -0.0932. The van der Waals surface area contributed by atoms with Crippen molar-refractivity contribution in [1.82, 2.24) is 19.9 Å². The highest BCUT2D eigenvalue weighted by molar-refractivity contribution is 9.10. The third kappa shape index (κ3) is 4.11. The Morgan fingerprint density at radius 3 is 2.78 bits per heavy atom. The number of halogens is 1. The highest BCUT2D eigenvalue weighted by Crippen LogP contribution is 2.23. The lowest BCUT2D eigenvalue weighted by Crippen LogP contribution is -2.46. The average molecular weight is 425 g/mol. The van der Waals surface area contributed by atoms with Crippen LogP contribution in [-0.4, -0.2) is 38.5 Å². The van der Waals surface area contributed by atoms with Crippen LogP contribution in [0.1, 0.15) is 24.8 Å². The van der Waals surface area contributed by atoms with Gasteiger partial charge in [-0.3, -0.25) is 0 Å². The molecule has 1 saturated heterocycles. The molecule has 0 spiro atoms. The zero-order chi connectivity index (χ0) is 18.6. The highest BCUT2D eigenvalue weighted by atomic mass is 79.9. The van der Waals surface area contributed by atoms with E-state index in [4.69, 9.17) is 0 Å². The van der Waals surface area contributed by atoms with Gasteiger partial charge in [0, 0.05) is 22.6 Å². The largest absolute Gasteiger partial charge is 0.346 e. The van der Waals surface area contributed by atoms with E-state index in [-0.39, 0.29) is 12.1 Å². The number of piperidine rings is 1. The first-order valence-corrected chi connectivity index (χ1v) is 10.0. The summed E-state index contributed by atoms with van der Waals surface area (Å²) >= 11 is 3.47. The predicted molar refractivity (Wildman–Crippen MR) is 108 cm³/mol. The van der Waals surface area contributed by atoms with E-state index in [0.29, 0.717) is 5.69 Å². The van der Waals surface area contributed by atoms with E-state index >= 15 is 0 Å². The number of aromatic nitrogens is 3. The van der Waals surface area contributed by atoms with E-state index in [2.05, 4.69) is 38.4 Å². The maximum atomic E-state index is 13.1. The van der Waals surface area contributed by atoms with Gasteiger partial charge in [-0.2, -0.15) is 4.68 Å². The molecule has 27 heavy (non-hydrogen) atoms. The first-order valence-electron chi connectivity index (χ1n) is 9.24. The molecule has 0 bridgehead atoms. The number of carbonyl (C=O) groups excluding carboxylic acids is 1. The van der Waals surface area contributed by atoms with Gasteiger partial charge < -0.3 is 4.90 Å². The van der Waals surface area contributed by atoms with Crippen LogP contribution >= 0.6 is 15.9 Å². The fourth-order valence-electron chi connectivity index (χ4n) is 3.62. The maximum Gasteiger partial charge on any atom is 0.346 e. The second kappa shape index (κ2) is 8.05. The lowest BCUT2D eigenvalue weighted by molar-refractivity contribution is 0.149. The summed E-state index contributed by atoms with van der Waals surface area (Å²) < 4.78 is 2.35. The molecule has 3 aromatic rings. The van der Waals surface area contributed by atoms with Crippen molar-refractivity contribution in [2.45, 2.75) is 31.7 Å². The molecule has 0 radical (unpaired) electrons. The van der Waals surface area contributed by atoms with Gasteiger partial charge in [0.1, 0.15) is 5.69 Å². The first-order chi connectivity index (χ1) is 13.2. The van der Waals surface area contributed by atoms with Gasteiger partial charge in [-0.1, -0.05) is 63.6 Å².